The van der Waals surface area contributed by atoms with Crippen molar-refractivity contribution in [3.63, 3.8) is 0 Å². The van der Waals surface area contributed by atoms with Crippen LogP contribution in [0.2, 0.25) is 0 Å². The van der Waals surface area contributed by atoms with Crippen LogP contribution in [0.1, 0.15) is 5.56 Å². The van der Waals surface area contributed by atoms with Crippen LogP contribution >= 0.6 is 0 Å². The molecule has 0 spiro atoms. The van der Waals surface area contributed by atoms with E-state index in [1.807, 2.05) is 0 Å². The molecule has 0 saturated carbocycles. The summed E-state index contributed by atoms with van der Waals surface area (Å²) in [6.45, 7) is 0. The predicted molar refractivity (Wildman–Crippen MR) is 40.9 cm³/mol. The average Bonchev–Trinajstić information content (AvgIpc) is 2.33. The molecule has 42 valence electrons. The van der Waals surface area contributed by atoms with Crippen LogP contribution in [-0.4, -0.2) is 9.52 Å². The van der Waals surface area contributed by atoms with Crippen molar-refractivity contribution in [3.05, 3.63) is 35.5 Å². The van der Waals surface area contributed by atoms with Crippen molar-refractivity contribution in [2.75, 3.05) is 0 Å². The van der Waals surface area contributed by atoms with Gasteiger partial charge in [0.2, 0.25) is 0 Å². The molecule has 2 radical (unpaired) electrons. The number of fused-ring (bicyclic) bond motifs is 1. The third kappa shape index (κ3) is 0.735. The summed E-state index contributed by atoms with van der Waals surface area (Å²) in [5.74, 6) is 0. The molecule has 0 atom stereocenters. The van der Waals surface area contributed by atoms with Crippen molar-refractivity contribution in [2.24, 2.45) is 0 Å². The molecule has 1 aliphatic heterocycles. The molecule has 0 aromatic heterocycles. The lowest BCUT2D eigenvalue weighted by atomic mass is 10.2. The van der Waals surface area contributed by atoms with Gasteiger partial charge in [0.05, 0.1) is 0 Å². The van der Waals surface area contributed by atoms with Gasteiger partial charge in [-0.15, -0.1) is 0 Å². The molecular weight excluding hydrogens is 124 g/mol. The standard InChI is InChI=1S/C8H6Si/c1-2-4-8-7(3-1)5-6-9-8/h1-6H. The van der Waals surface area contributed by atoms with Crippen molar-refractivity contribution >= 4 is 20.8 Å². The maximum Gasteiger partial charge on any atom is 0.112 e. The van der Waals surface area contributed by atoms with Gasteiger partial charge in [-0.1, -0.05) is 41.2 Å². The van der Waals surface area contributed by atoms with Gasteiger partial charge in [-0.25, -0.2) is 0 Å². The second kappa shape index (κ2) is 1.85. The van der Waals surface area contributed by atoms with Gasteiger partial charge in [0.25, 0.3) is 0 Å². The Bertz CT molecular complexity index is 250. The first-order valence-corrected chi connectivity index (χ1v) is 4.07. The molecule has 0 amide bonds. The van der Waals surface area contributed by atoms with E-state index in [1.165, 1.54) is 10.8 Å². The molecule has 0 aliphatic carbocycles. The van der Waals surface area contributed by atoms with E-state index in [4.69, 9.17) is 0 Å². The molecule has 0 unspecified atom stereocenters. The zero-order chi connectivity index (χ0) is 6.10. The summed E-state index contributed by atoms with van der Waals surface area (Å²) < 4.78 is 0. The van der Waals surface area contributed by atoms with Crippen LogP contribution in [0.4, 0.5) is 0 Å². The molecule has 1 aliphatic rings. The van der Waals surface area contributed by atoms with Crippen LogP contribution in [0.3, 0.4) is 0 Å². The van der Waals surface area contributed by atoms with Crippen molar-refractivity contribution in [1.82, 2.24) is 0 Å². The SMILES string of the molecule is C1=Cc2ccccc2[Si]1. The van der Waals surface area contributed by atoms with Gasteiger partial charge in [0.1, 0.15) is 9.52 Å². The Morgan fingerprint density at radius 1 is 1.11 bits per heavy atom. The number of hydrogen-bond acceptors (Lipinski definition) is 0. The zero-order valence-corrected chi connectivity index (χ0v) is 5.96. The van der Waals surface area contributed by atoms with Crippen molar-refractivity contribution in [2.45, 2.75) is 0 Å². The maximum atomic E-state index is 2.23. The van der Waals surface area contributed by atoms with E-state index in [2.05, 4.69) is 36.0 Å². The quantitative estimate of drug-likeness (QED) is 0.460. The first kappa shape index (κ1) is 5.00. The maximum absolute atomic E-state index is 2.23. The van der Waals surface area contributed by atoms with E-state index in [-0.39, 0.29) is 0 Å². The highest BCUT2D eigenvalue weighted by molar-refractivity contribution is 6.62. The Labute approximate surface area is 57.0 Å². The predicted octanol–water partition coefficient (Wildman–Crippen LogP) is 1.00. The smallest absolute Gasteiger partial charge is 0.0927 e. The van der Waals surface area contributed by atoms with Crippen molar-refractivity contribution < 1.29 is 0 Å². The minimum atomic E-state index is 0.899. The van der Waals surface area contributed by atoms with Crippen LogP contribution in [-0.2, 0) is 0 Å². The largest absolute Gasteiger partial charge is 0.112 e. The Balaban J connectivity index is 2.63. The molecule has 9 heavy (non-hydrogen) atoms. The minimum Gasteiger partial charge on any atom is -0.0927 e. The number of rotatable bonds is 0. The van der Waals surface area contributed by atoms with Gasteiger partial charge in [0.15, 0.2) is 0 Å². The van der Waals surface area contributed by atoms with Crippen molar-refractivity contribution in [3.8, 4) is 0 Å². The molecule has 1 aromatic rings. The van der Waals surface area contributed by atoms with Gasteiger partial charge >= 0.3 is 0 Å². The van der Waals surface area contributed by atoms with Crippen LogP contribution < -0.4 is 5.19 Å². The van der Waals surface area contributed by atoms with Gasteiger partial charge in [0, 0.05) is 0 Å². The number of hydrogen-bond donors (Lipinski definition) is 0. The van der Waals surface area contributed by atoms with Crippen LogP contribution in [0.25, 0.3) is 6.08 Å². The van der Waals surface area contributed by atoms with E-state index < -0.39 is 0 Å². The molecular formula is C8H6Si. The highest BCUT2D eigenvalue weighted by Gasteiger charge is 2.01. The summed E-state index contributed by atoms with van der Waals surface area (Å²) in [5.41, 5.74) is 3.63. The van der Waals surface area contributed by atoms with Crippen LogP contribution in [0.15, 0.2) is 30.0 Å². The Morgan fingerprint density at radius 2 is 2.00 bits per heavy atom. The number of benzene rings is 1. The lowest BCUT2D eigenvalue weighted by molar-refractivity contribution is 1.73. The summed E-state index contributed by atoms with van der Waals surface area (Å²) in [6, 6.07) is 8.53. The molecule has 0 N–H and O–H groups in total. The van der Waals surface area contributed by atoms with Crippen molar-refractivity contribution in [1.29, 1.82) is 0 Å². The summed E-state index contributed by atoms with van der Waals surface area (Å²) in [6.07, 6.45) is 2.19. The van der Waals surface area contributed by atoms with Gasteiger partial charge in [-0.05, 0) is 5.56 Å². The molecule has 0 saturated heterocycles. The first-order valence-electron chi connectivity index (χ1n) is 2.99. The average molecular weight is 130 g/mol. The lowest BCUT2D eigenvalue weighted by Gasteiger charge is -1.92. The zero-order valence-electron chi connectivity index (χ0n) is 4.96. The van der Waals surface area contributed by atoms with Gasteiger partial charge < -0.3 is 0 Å². The third-order valence-corrected chi connectivity index (χ3v) is 2.56. The molecule has 1 aromatic carbocycles. The lowest BCUT2D eigenvalue weighted by Crippen LogP contribution is -2.09. The summed E-state index contributed by atoms with van der Waals surface area (Å²) >= 11 is 0. The fourth-order valence-electron chi connectivity index (χ4n) is 0.995. The van der Waals surface area contributed by atoms with E-state index >= 15 is 0 Å². The van der Waals surface area contributed by atoms with Gasteiger partial charge in [-0.2, -0.15) is 0 Å². The first-order chi connectivity index (χ1) is 4.47. The molecule has 0 bridgehead atoms. The molecule has 2 rings (SSSR count). The summed E-state index contributed by atoms with van der Waals surface area (Å²) in [5, 5.41) is 1.48. The second-order valence-corrected chi connectivity index (χ2v) is 3.23. The summed E-state index contributed by atoms with van der Waals surface area (Å²) in [4.78, 5) is 0. The van der Waals surface area contributed by atoms with Crippen LogP contribution in [0.5, 0.6) is 0 Å². The van der Waals surface area contributed by atoms with Gasteiger partial charge in [-0.3, -0.25) is 0 Å². The normalized spacial score (nSPS) is 13.8. The van der Waals surface area contributed by atoms with E-state index in [1.54, 1.807) is 0 Å². The third-order valence-electron chi connectivity index (χ3n) is 1.46. The monoisotopic (exact) mass is 130 g/mol. The highest BCUT2D eigenvalue weighted by Crippen LogP contribution is 2.02. The second-order valence-electron chi connectivity index (χ2n) is 2.06. The molecule has 1 heterocycles. The Morgan fingerprint density at radius 3 is 2.89 bits per heavy atom. The van der Waals surface area contributed by atoms with E-state index in [0.717, 1.165) is 9.52 Å². The molecule has 1 heteroatoms. The molecule has 0 fully saturated rings. The highest BCUT2D eigenvalue weighted by atomic mass is 28.2. The fraction of sp³-hybridized carbons (Fsp3) is 0. The topological polar surface area (TPSA) is 0 Å². The minimum absolute atomic E-state index is 0.899. The van der Waals surface area contributed by atoms with Crippen LogP contribution in [0, 0.1) is 0 Å². The summed E-state index contributed by atoms with van der Waals surface area (Å²) in [7, 11) is 0.899. The van der Waals surface area contributed by atoms with E-state index in [0.29, 0.717) is 0 Å². The van der Waals surface area contributed by atoms with E-state index in [9.17, 15) is 0 Å². The fourth-order valence-corrected chi connectivity index (χ4v) is 1.96. The Hall–Kier alpha value is -0.823. The Kier molecular flexibility index (Phi) is 1.03. The molecule has 0 nitrogen and oxygen atoms in total.